The van der Waals surface area contributed by atoms with E-state index in [1.165, 1.54) is 44.7 Å². The fraction of sp³-hybridized carbons (Fsp3) is 0.886. The standard InChI is InChI=1S/C34H65NO2.CH5N/c1-15-19-29(5,6)25-36-34(20-17-16-18-21-34)37-26-30(7,8)24-33(13,14)35-28(4)23-32(11,12)31(9,10)22-27(2)3;1-2/h35H,2,4,15-26H2,1,3,5-14H3;2H2,1H3. The number of nitrogens with one attached hydrogen (secondary N) is 1. The number of nitrogens with two attached hydrogens (primary N) is 1. The van der Waals surface area contributed by atoms with E-state index in [1.807, 2.05) is 0 Å². The second-order valence-electron chi connectivity index (χ2n) is 16.0. The van der Waals surface area contributed by atoms with Crippen LogP contribution in [0.1, 0.15) is 147 Å². The maximum atomic E-state index is 6.74. The molecule has 0 saturated heterocycles. The lowest BCUT2D eigenvalue weighted by molar-refractivity contribution is -0.272. The van der Waals surface area contributed by atoms with Crippen LogP contribution >= 0.6 is 0 Å². The summed E-state index contributed by atoms with van der Waals surface area (Å²) in [5, 5.41) is 3.80. The topological polar surface area (TPSA) is 56.5 Å². The summed E-state index contributed by atoms with van der Waals surface area (Å²) in [5.41, 5.74) is 7.25. The molecular formula is C35H70N2O2. The third kappa shape index (κ3) is 14.1. The molecule has 0 aromatic rings. The zero-order valence-electron chi connectivity index (χ0n) is 28.8. The van der Waals surface area contributed by atoms with Gasteiger partial charge in [-0.05, 0) is 88.0 Å². The first-order valence-electron chi connectivity index (χ1n) is 15.6. The molecule has 1 saturated carbocycles. The Hall–Kier alpha value is -0.840. The second kappa shape index (κ2) is 15.4. The molecule has 1 rings (SSSR count). The minimum Gasteiger partial charge on any atom is -0.384 e. The van der Waals surface area contributed by atoms with Gasteiger partial charge in [-0.25, -0.2) is 0 Å². The number of allylic oxidation sites excluding steroid dienone is 2. The molecule has 0 bridgehead atoms. The SMILES string of the molecule is C=C(C)CC(C)(C)C(C)(C)CC(=C)NC(C)(C)CC(C)(C)COC1(OCC(C)(C)CCC)CCCCC1.CN. The Balaban J connectivity index is 0.00000704. The van der Waals surface area contributed by atoms with E-state index < -0.39 is 5.79 Å². The number of hydrogen-bond donors (Lipinski definition) is 2. The van der Waals surface area contributed by atoms with Crippen LogP contribution in [0.2, 0.25) is 0 Å². The fourth-order valence-corrected chi connectivity index (χ4v) is 6.40. The summed E-state index contributed by atoms with van der Waals surface area (Å²) in [6, 6.07) is 0. The van der Waals surface area contributed by atoms with Crippen molar-refractivity contribution in [1.82, 2.24) is 5.32 Å². The van der Waals surface area contributed by atoms with Crippen molar-refractivity contribution < 1.29 is 9.47 Å². The van der Waals surface area contributed by atoms with Crippen molar-refractivity contribution in [2.75, 3.05) is 20.3 Å². The third-order valence-electron chi connectivity index (χ3n) is 8.66. The van der Waals surface area contributed by atoms with Crippen LogP contribution in [0.5, 0.6) is 0 Å². The van der Waals surface area contributed by atoms with Crippen molar-refractivity contribution in [2.45, 2.75) is 159 Å². The lowest BCUT2D eigenvalue weighted by atomic mass is 9.63. The van der Waals surface area contributed by atoms with Gasteiger partial charge in [0.15, 0.2) is 5.79 Å². The Morgan fingerprint density at radius 2 is 1.23 bits per heavy atom. The molecule has 1 aliphatic carbocycles. The van der Waals surface area contributed by atoms with Gasteiger partial charge in [0, 0.05) is 24.1 Å². The van der Waals surface area contributed by atoms with Gasteiger partial charge in [-0.1, -0.05) is 87.3 Å². The van der Waals surface area contributed by atoms with Crippen molar-refractivity contribution in [1.29, 1.82) is 0 Å². The first-order chi connectivity index (χ1) is 17.7. The molecule has 0 unspecified atom stereocenters. The normalized spacial score (nSPS) is 16.8. The van der Waals surface area contributed by atoms with E-state index in [9.17, 15) is 0 Å². The largest absolute Gasteiger partial charge is 0.384 e. The summed E-state index contributed by atoms with van der Waals surface area (Å²) in [4.78, 5) is 0. The van der Waals surface area contributed by atoms with Crippen molar-refractivity contribution in [3.63, 3.8) is 0 Å². The molecule has 39 heavy (non-hydrogen) atoms. The molecule has 0 aromatic carbocycles. The molecule has 4 heteroatoms. The van der Waals surface area contributed by atoms with Gasteiger partial charge in [0.1, 0.15) is 0 Å². The van der Waals surface area contributed by atoms with Gasteiger partial charge in [-0.2, -0.15) is 0 Å². The molecule has 0 spiro atoms. The molecule has 0 heterocycles. The fourth-order valence-electron chi connectivity index (χ4n) is 6.40. The Morgan fingerprint density at radius 3 is 1.69 bits per heavy atom. The summed E-state index contributed by atoms with van der Waals surface area (Å²) in [6.07, 6.45) is 11.0. The smallest absolute Gasteiger partial charge is 0.168 e. The van der Waals surface area contributed by atoms with E-state index in [1.54, 1.807) is 0 Å². The van der Waals surface area contributed by atoms with Crippen LogP contribution < -0.4 is 11.1 Å². The van der Waals surface area contributed by atoms with Crippen molar-refractivity contribution in [2.24, 2.45) is 27.4 Å². The molecule has 0 atom stereocenters. The predicted molar refractivity (Wildman–Crippen MR) is 173 cm³/mol. The van der Waals surface area contributed by atoms with E-state index in [-0.39, 0.29) is 27.2 Å². The van der Waals surface area contributed by atoms with E-state index in [0.29, 0.717) is 6.61 Å². The Morgan fingerprint density at radius 1 is 0.769 bits per heavy atom. The number of ether oxygens (including phenoxy) is 2. The highest BCUT2D eigenvalue weighted by Gasteiger charge is 2.40. The van der Waals surface area contributed by atoms with Gasteiger partial charge in [-0.15, -0.1) is 6.58 Å². The van der Waals surface area contributed by atoms with Crippen LogP contribution in [0.25, 0.3) is 0 Å². The zero-order chi connectivity index (χ0) is 30.8. The van der Waals surface area contributed by atoms with Crippen LogP contribution in [0, 0.1) is 21.7 Å². The minimum absolute atomic E-state index is 0.0122. The van der Waals surface area contributed by atoms with Gasteiger partial charge in [-0.3, -0.25) is 0 Å². The van der Waals surface area contributed by atoms with Crippen molar-refractivity contribution in [3.05, 3.63) is 24.4 Å². The first-order valence-corrected chi connectivity index (χ1v) is 15.6. The van der Waals surface area contributed by atoms with Gasteiger partial charge in [0.25, 0.3) is 0 Å². The maximum Gasteiger partial charge on any atom is 0.168 e. The monoisotopic (exact) mass is 551 g/mol. The molecule has 1 fully saturated rings. The first kappa shape index (κ1) is 38.2. The van der Waals surface area contributed by atoms with Crippen LogP contribution in [-0.2, 0) is 9.47 Å². The van der Waals surface area contributed by atoms with E-state index in [2.05, 4.69) is 107 Å². The van der Waals surface area contributed by atoms with E-state index >= 15 is 0 Å². The average Bonchev–Trinajstić information content (AvgIpc) is 2.76. The van der Waals surface area contributed by atoms with Crippen LogP contribution in [-0.4, -0.2) is 31.6 Å². The molecule has 0 aliphatic heterocycles. The van der Waals surface area contributed by atoms with Crippen molar-refractivity contribution in [3.8, 4) is 0 Å². The summed E-state index contributed by atoms with van der Waals surface area (Å²) in [5.74, 6) is -0.416. The summed E-state index contributed by atoms with van der Waals surface area (Å²) >= 11 is 0. The minimum atomic E-state index is -0.416. The van der Waals surface area contributed by atoms with Crippen LogP contribution in [0.4, 0.5) is 0 Å². The summed E-state index contributed by atoms with van der Waals surface area (Å²) in [7, 11) is 1.50. The molecule has 0 radical (unpaired) electrons. The maximum absolute atomic E-state index is 6.74. The third-order valence-corrected chi connectivity index (χ3v) is 8.66. The molecule has 4 nitrogen and oxygen atoms in total. The molecule has 3 N–H and O–H groups in total. The van der Waals surface area contributed by atoms with Crippen LogP contribution in [0.15, 0.2) is 24.4 Å². The zero-order valence-corrected chi connectivity index (χ0v) is 28.8. The van der Waals surface area contributed by atoms with Crippen LogP contribution in [0.3, 0.4) is 0 Å². The second-order valence-corrected chi connectivity index (χ2v) is 16.0. The summed E-state index contributed by atoms with van der Waals surface area (Å²) < 4.78 is 13.4. The van der Waals surface area contributed by atoms with E-state index in [0.717, 1.165) is 44.4 Å². The van der Waals surface area contributed by atoms with Gasteiger partial charge < -0.3 is 20.5 Å². The van der Waals surface area contributed by atoms with Gasteiger partial charge in [0.2, 0.25) is 0 Å². The molecule has 232 valence electrons. The molecule has 0 amide bonds. The Kier molecular flexibility index (Phi) is 15.1. The highest BCUT2D eigenvalue weighted by molar-refractivity contribution is 5.07. The Bertz CT molecular complexity index is 740. The van der Waals surface area contributed by atoms with E-state index in [4.69, 9.17) is 9.47 Å². The highest BCUT2D eigenvalue weighted by Crippen LogP contribution is 2.47. The highest BCUT2D eigenvalue weighted by atomic mass is 16.7. The number of rotatable bonds is 17. The number of hydrogen-bond acceptors (Lipinski definition) is 4. The quantitative estimate of drug-likeness (QED) is 0.140. The molecular weight excluding hydrogens is 480 g/mol. The van der Waals surface area contributed by atoms with Crippen molar-refractivity contribution >= 4 is 0 Å². The van der Waals surface area contributed by atoms with Gasteiger partial charge >= 0.3 is 0 Å². The summed E-state index contributed by atoms with van der Waals surface area (Å²) in [6.45, 7) is 37.8. The molecule has 1 aliphatic rings. The predicted octanol–water partition coefficient (Wildman–Crippen LogP) is 9.79. The lowest BCUT2D eigenvalue weighted by Crippen LogP contribution is -2.47. The Labute approximate surface area is 245 Å². The van der Waals surface area contributed by atoms with Gasteiger partial charge in [0.05, 0.1) is 13.2 Å². The average molecular weight is 551 g/mol. The lowest BCUT2D eigenvalue weighted by Gasteiger charge is -2.45. The molecule has 0 aromatic heterocycles.